The lowest BCUT2D eigenvalue weighted by molar-refractivity contribution is 0.328. The van der Waals surface area contributed by atoms with Crippen LogP contribution < -0.4 is 10.6 Å². The quantitative estimate of drug-likeness (QED) is 0.565. The number of hydrogen-bond donors (Lipinski definition) is 1. The molecule has 3 nitrogen and oxygen atoms in total. The third-order valence-electron chi connectivity index (χ3n) is 1.66. The molecule has 2 N–H and O–H groups in total. The number of hydrogen-bond acceptors (Lipinski definition) is 3. The van der Waals surface area contributed by atoms with Crippen molar-refractivity contribution < 1.29 is 9.13 Å². The van der Waals surface area contributed by atoms with Crippen LogP contribution in [0.4, 0.5) is 4.39 Å². The van der Waals surface area contributed by atoms with Gasteiger partial charge in [0.05, 0.1) is 7.11 Å². The molecule has 0 aliphatic rings. The van der Waals surface area contributed by atoms with E-state index in [2.05, 4.69) is 0 Å². The van der Waals surface area contributed by atoms with E-state index in [1.165, 1.54) is 17.1 Å². The number of nitrogens with zero attached hydrogens (tertiary/aromatic N) is 1. The molecule has 4 heteroatoms. The molecular weight excluding hydrogens is 171 g/mol. The summed E-state index contributed by atoms with van der Waals surface area (Å²) in [5.41, 5.74) is 0.743. The number of methoxy groups -OCH3 is 1. The Balaban J connectivity index is 2.94. The van der Waals surface area contributed by atoms with Gasteiger partial charge >= 0.3 is 0 Å². The second kappa shape index (κ2) is 4.20. The van der Waals surface area contributed by atoms with Crippen LogP contribution in [0.3, 0.4) is 0 Å². The standard InChI is InChI=1S/C9H13FN2O/c1-12(11)6-7-5-8(10)3-4-9(7)13-2/h3-5H,6,11H2,1-2H3. The lowest BCUT2D eigenvalue weighted by Gasteiger charge is -2.12. The van der Waals surface area contributed by atoms with Crippen LogP contribution in [-0.4, -0.2) is 19.2 Å². The van der Waals surface area contributed by atoms with Crippen molar-refractivity contribution in [3.8, 4) is 5.75 Å². The van der Waals surface area contributed by atoms with Gasteiger partial charge in [0.25, 0.3) is 0 Å². The van der Waals surface area contributed by atoms with E-state index in [0.717, 1.165) is 5.56 Å². The molecule has 0 saturated carbocycles. The lowest BCUT2D eigenvalue weighted by atomic mass is 10.2. The van der Waals surface area contributed by atoms with Crippen molar-refractivity contribution in [3.05, 3.63) is 29.6 Å². The normalized spacial score (nSPS) is 10.5. The summed E-state index contributed by atoms with van der Waals surface area (Å²) in [5.74, 6) is 5.83. The van der Waals surface area contributed by atoms with Crippen LogP contribution in [0.5, 0.6) is 5.75 Å². The average molecular weight is 184 g/mol. The van der Waals surface area contributed by atoms with Crippen molar-refractivity contribution in [1.29, 1.82) is 0 Å². The fraction of sp³-hybridized carbons (Fsp3) is 0.333. The first kappa shape index (κ1) is 9.95. The predicted octanol–water partition coefficient (Wildman–Crippen LogP) is 1.14. The number of ether oxygens (including phenoxy) is 1. The van der Waals surface area contributed by atoms with Gasteiger partial charge in [-0.2, -0.15) is 0 Å². The molecule has 0 atom stereocenters. The van der Waals surface area contributed by atoms with E-state index < -0.39 is 0 Å². The SMILES string of the molecule is COc1ccc(F)cc1CN(C)N. The number of hydrazine groups is 1. The van der Waals surface area contributed by atoms with Crippen LogP contribution in [0, 0.1) is 5.82 Å². The second-order valence-electron chi connectivity index (χ2n) is 2.87. The Morgan fingerprint density at radius 1 is 1.54 bits per heavy atom. The summed E-state index contributed by atoms with van der Waals surface area (Å²) in [6, 6.07) is 4.37. The highest BCUT2D eigenvalue weighted by molar-refractivity contribution is 5.33. The molecule has 0 aliphatic heterocycles. The Labute approximate surface area is 76.9 Å². The zero-order valence-electron chi connectivity index (χ0n) is 7.75. The van der Waals surface area contributed by atoms with Crippen LogP contribution >= 0.6 is 0 Å². The Morgan fingerprint density at radius 3 is 2.77 bits per heavy atom. The van der Waals surface area contributed by atoms with Crippen LogP contribution in [0.1, 0.15) is 5.56 Å². The molecule has 1 aromatic rings. The van der Waals surface area contributed by atoms with Crippen molar-refractivity contribution in [2.24, 2.45) is 5.84 Å². The zero-order valence-corrected chi connectivity index (χ0v) is 7.75. The first-order valence-electron chi connectivity index (χ1n) is 3.91. The monoisotopic (exact) mass is 184 g/mol. The highest BCUT2D eigenvalue weighted by atomic mass is 19.1. The fourth-order valence-electron chi connectivity index (χ4n) is 1.14. The van der Waals surface area contributed by atoms with Crippen molar-refractivity contribution in [3.63, 3.8) is 0 Å². The Morgan fingerprint density at radius 2 is 2.23 bits per heavy atom. The van der Waals surface area contributed by atoms with Gasteiger partial charge in [0.15, 0.2) is 0 Å². The minimum atomic E-state index is -0.280. The summed E-state index contributed by atoms with van der Waals surface area (Å²) in [6.07, 6.45) is 0. The number of rotatable bonds is 3. The summed E-state index contributed by atoms with van der Waals surface area (Å²) >= 11 is 0. The minimum absolute atomic E-state index is 0.280. The average Bonchev–Trinajstić information content (AvgIpc) is 2.03. The summed E-state index contributed by atoms with van der Waals surface area (Å²) in [7, 11) is 3.26. The first-order valence-corrected chi connectivity index (χ1v) is 3.91. The maximum absolute atomic E-state index is 12.8. The van der Waals surface area contributed by atoms with Crippen LogP contribution in [0.25, 0.3) is 0 Å². The van der Waals surface area contributed by atoms with Gasteiger partial charge in [-0.25, -0.2) is 9.40 Å². The van der Waals surface area contributed by atoms with Gasteiger partial charge in [-0.1, -0.05) is 0 Å². The van der Waals surface area contributed by atoms with Gasteiger partial charge in [-0.15, -0.1) is 0 Å². The summed E-state index contributed by atoms with van der Waals surface area (Å²) < 4.78 is 17.9. The maximum Gasteiger partial charge on any atom is 0.123 e. The highest BCUT2D eigenvalue weighted by Gasteiger charge is 2.05. The van der Waals surface area contributed by atoms with Gasteiger partial charge < -0.3 is 4.74 Å². The molecule has 0 saturated heterocycles. The number of nitrogens with two attached hydrogens (primary N) is 1. The highest BCUT2D eigenvalue weighted by Crippen LogP contribution is 2.19. The van der Waals surface area contributed by atoms with Gasteiger partial charge in [0.2, 0.25) is 0 Å². The molecule has 1 aromatic carbocycles. The van der Waals surface area contributed by atoms with E-state index in [0.29, 0.717) is 12.3 Å². The van der Waals surface area contributed by atoms with Crippen molar-refractivity contribution in [2.45, 2.75) is 6.54 Å². The van der Waals surface area contributed by atoms with Crippen molar-refractivity contribution >= 4 is 0 Å². The molecule has 0 amide bonds. The van der Waals surface area contributed by atoms with Gasteiger partial charge in [-0.3, -0.25) is 5.84 Å². The van der Waals surface area contributed by atoms with Crippen LogP contribution in [0.2, 0.25) is 0 Å². The molecule has 13 heavy (non-hydrogen) atoms. The smallest absolute Gasteiger partial charge is 0.123 e. The van der Waals surface area contributed by atoms with Gasteiger partial charge in [-0.05, 0) is 18.2 Å². The second-order valence-corrected chi connectivity index (χ2v) is 2.87. The van der Waals surface area contributed by atoms with Crippen LogP contribution in [-0.2, 0) is 6.54 Å². The van der Waals surface area contributed by atoms with Crippen LogP contribution in [0.15, 0.2) is 18.2 Å². The number of benzene rings is 1. The summed E-state index contributed by atoms with van der Waals surface area (Å²) in [4.78, 5) is 0. The van der Waals surface area contributed by atoms with E-state index in [-0.39, 0.29) is 5.82 Å². The first-order chi connectivity index (χ1) is 6.13. The third-order valence-corrected chi connectivity index (χ3v) is 1.66. The topological polar surface area (TPSA) is 38.5 Å². The molecule has 0 bridgehead atoms. The summed E-state index contributed by atoms with van der Waals surface area (Å²) in [5, 5.41) is 1.47. The molecule has 0 aromatic heterocycles. The van der Waals surface area contributed by atoms with E-state index >= 15 is 0 Å². The summed E-state index contributed by atoms with van der Waals surface area (Å²) in [6.45, 7) is 0.459. The van der Waals surface area contributed by atoms with Gasteiger partial charge in [0.1, 0.15) is 11.6 Å². The molecule has 0 spiro atoms. The van der Waals surface area contributed by atoms with E-state index in [1.807, 2.05) is 0 Å². The van der Waals surface area contributed by atoms with Gasteiger partial charge in [0, 0.05) is 19.2 Å². The molecule has 0 radical (unpaired) electrons. The minimum Gasteiger partial charge on any atom is -0.496 e. The molecule has 72 valence electrons. The Bertz CT molecular complexity index is 289. The Kier molecular flexibility index (Phi) is 3.22. The molecule has 1 rings (SSSR count). The molecule has 0 unspecified atom stereocenters. The van der Waals surface area contributed by atoms with E-state index in [1.54, 1.807) is 20.2 Å². The molecule has 0 aliphatic carbocycles. The largest absolute Gasteiger partial charge is 0.496 e. The fourth-order valence-corrected chi connectivity index (χ4v) is 1.14. The predicted molar refractivity (Wildman–Crippen MR) is 48.6 cm³/mol. The van der Waals surface area contributed by atoms with E-state index in [9.17, 15) is 4.39 Å². The third kappa shape index (κ3) is 2.68. The molecule has 0 heterocycles. The lowest BCUT2D eigenvalue weighted by Crippen LogP contribution is -2.25. The Hall–Kier alpha value is -1.13. The maximum atomic E-state index is 12.8. The van der Waals surface area contributed by atoms with Crippen molar-refractivity contribution in [2.75, 3.05) is 14.2 Å². The van der Waals surface area contributed by atoms with Crippen molar-refractivity contribution in [1.82, 2.24) is 5.01 Å². The molecule has 0 fully saturated rings. The van der Waals surface area contributed by atoms with E-state index in [4.69, 9.17) is 10.6 Å². The zero-order chi connectivity index (χ0) is 9.84. The number of halogens is 1. The molecular formula is C9H13FN2O.